The number of furan rings is 1. The molecular formula is C61H43NO. The molecule has 0 N–H and O–H groups in total. The van der Waals surface area contributed by atoms with Crippen LogP contribution in [0.3, 0.4) is 0 Å². The largest absolute Gasteiger partial charge is 0.456 e. The predicted octanol–water partition coefficient (Wildman–Crippen LogP) is 17.2. The molecule has 0 radical (unpaired) electrons. The first-order chi connectivity index (χ1) is 31.0. The van der Waals surface area contributed by atoms with Gasteiger partial charge in [0.15, 0.2) is 0 Å². The molecule has 1 aliphatic carbocycles. The van der Waals surface area contributed by atoms with Crippen LogP contribution in [-0.2, 0) is 5.41 Å². The van der Waals surface area contributed by atoms with Crippen molar-refractivity contribution in [3.05, 3.63) is 236 Å². The highest BCUT2D eigenvalue weighted by Gasteiger charge is 2.38. The van der Waals surface area contributed by atoms with E-state index in [9.17, 15) is 0 Å². The Bertz CT molecular complexity index is 3520. The quantitative estimate of drug-likeness (QED) is 0.160. The Labute approximate surface area is 368 Å². The Hall–Kier alpha value is -7.94. The molecule has 1 heterocycles. The lowest BCUT2D eigenvalue weighted by molar-refractivity contribution is 0.662. The third-order valence-electron chi connectivity index (χ3n) is 13.2. The van der Waals surface area contributed by atoms with E-state index < -0.39 is 0 Å². The Kier molecular flexibility index (Phi) is 8.55. The summed E-state index contributed by atoms with van der Waals surface area (Å²) in [6.07, 6.45) is 0. The molecule has 63 heavy (non-hydrogen) atoms. The minimum atomic E-state index is -0.193. The lowest BCUT2D eigenvalue weighted by Gasteiger charge is -2.31. The molecule has 2 nitrogen and oxygen atoms in total. The number of fused-ring (bicyclic) bond motifs is 7. The number of anilines is 3. The first-order valence-electron chi connectivity index (χ1n) is 21.8. The Morgan fingerprint density at radius 2 is 0.905 bits per heavy atom. The van der Waals surface area contributed by atoms with E-state index in [1.165, 1.54) is 60.8 Å². The molecule has 11 aromatic rings. The monoisotopic (exact) mass is 805 g/mol. The van der Waals surface area contributed by atoms with Gasteiger partial charge >= 0.3 is 0 Å². The SMILES string of the molecule is CC1(C)c2ccccc2-c2cc(N(c3ccccc3-c3ccccc3)c3cccc4oc5ccc(-c6cccc7cccc(-c8ccccc8)c67)cc5c34)cc(-c3ccccc3)c21. The fourth-order valence-corrected chi connectivity index (χ4v) is 10.4. The molecular weight excluding hydrogens is 763 g/mol. The molecule has 0 atom stereocenters. The molecule has 1 aliphatic rings. The number of hydrogen-bond acceptors (Lipinski definition) is 2. The number of hydrogen-bond donors (Lipinski definition) is 0. The van der Waals surface area contributed by atoms with Gasteiger partial charge in [-0.3, -0.25) is 0 Å². The molecule has 298 valence electrons. The van der Waals surface area contributed by atoms with E-state index in [1.807, 2.05) is 0 Å². The lowest BCUT2D eigenvalue weighted by atomic mass is 9.78. The molecule has 0 unspecified atom stereocenters. The van der Waals surface area contributed by atoms with Crippen molar-refractivity contribution < 1.29 is 4.42 Å². The zero-order valence-electron chi connectivity index (χ0n) is 35.2. The second kappa shape index (κ2) is 14.6. The van der Waals surface area contributed by atoms with Crippen LogP contribution >= 0.6 is 0 Å². The van der Waals surface area contributed by atoms with Crippen molar-refractivity contribution in [3.8, 4) is 55.6 Å². The van der Waals surface area contributed by atoms with Gasteiger partial charge < -0.3 is 9.32 Å². The van der Waals surface area contributed by atoms with E-state index in [1.54, 1.807) is 0 Å². The normalized spacial score (nSPS) is 12.7. The van der Waals surface area contributed by atoms with Crippen LogP contribution in [0.25, 0.3) is 88.3 Å². The molecule has 12 rings (SSSR count). The second-order valence-corrected chi connectivity index (χ2v) is 17.2. The fourth-order valence-electron chi connectivity index (χ4n) is 10.4. The molecule has 0 amide bonds. The highest BCUT2D eigenvalue weighted by molar-refractivity contribution is 6.16. The fraction of sp³-hybridized carbons (Fsp3) is 0.0492. The van der Waals surface area contributed by atoms with Crippen LogP contribution in [0, 0.1) is 0 Å². The van der Waals surface area contributed by atoms with Gasteiger partial charge in [0.25, 0.3) is 0 Å². The molecule has 0 bridgehead atoms. The summed E-state index contributed by atoms with van der Waals surface area (Å²) in [6.45, 7) is 4.75. The first kappa shape index (κ1) is 36.9. The summed E-state index contributed by atoms with van der Waals surface area (Å²) >= 11 is 0. The van der Waals surface area contributed by atoms with Crippen LogP contribution in [0.5, 0.6) is 0 Å². The summed E-state index contributed by atoms with van der Waals surface area (Å²) in [7, 11) is 0. The van der Waals surface area contributed by atoms with Crippen molar-refractivity contribution in [2.75, 3.05) is 4.90 Å². The average molecular weight is 806 g/mol. The van der Waals surface area contributed by atoms with Gasteiger partial charge in [0.2, 0.25) is 0 Å². The molecule has 0 saturated heterocycles. The van der Waals surface area contributed by atoms with Crippen LogP contribution in [-0.4, -0.2) is 0 Å². The van der Waals surface area contributed by atoms with Crippen LogP contribution in [0.15, 0.2) is 229 Å². The van der Waals surface area contributed by atoms with Crippen molar-refractivity contribution in [2.24, 2.45) is 0 Å². The smallest absolute Gasteiger partial charge is 0.137 e. The molecule has 0 fully saturated rings. The van der Waals surface area contributed by atoms with Crippen molar-refractivity contribution >= 4 is 49.8 Å². The van der Waals surface area contributed by atoms with E-state index in [0.717, 1.165) is 55.7 Å². The van der Waals surface area contributed by atoms with E-state index in [0.29, 0.717) is 0 Å². The Balaban J connectivity index is 1.15. The molecule has 10 aromatic carbocycles. The van der Waals surface area contributed by atoms with Gasteiger partial charge in [0.05, 0.1) is 16.8 Å². The molecule has 0 saturated carbocycles. The summed E-state index contributed by atoms with van der Waals surface area (Å²) in [6, 6.07) is 81.6. The predicted molar refractivity (Wildman–Crippen MR) is 265 cm³/mol. The average Bonchev–Trinajstić information content (AvgIpc) is 3.83. The van der Waals surface area contributed by atoms with Gasteiger partial charge in [-0.25, -0.2) is 0 Å². The van der Waals surface area contributed by atoms with Crippen LogP contribution in [0.1, 0.15) is 25.0 Å². The molecule has 2 heteroatoms. The highest BCUT2D eigenvalue weighted by Crippen LogP contribution is 2.56. The van der Waals surface area contributed by atoms with Crippen molar-refractivity contribution in [3.63, 3.8) is 0 Å². The lowest BCUT2D eigenvalue weighted by Crippen LogP contribution is -2.17. The topological polar surface area (TPSA) is 16.4 Å². The minimum Gasteiger partial charge on any atom is -0.456 e. The van der Waals surface area contributed by atoms with Crippen LogP contribution in [0.2, 0.25) is 0 Å². The van der Waals surface area contributed by atoms with E-state index in [-0.39, 0.29) is 5.41 Å². The van der Waals surface area contributed by atoms with Gasteiger partial charge in [0, 0.05) is 22.1 Å². The summed E-state index contributed by atoms with van der Waals surface area (Å²) < 4.78 is 6.82. The maximum Gasteiger partial charge on any atom is 0.137 e. The number of para-hydroxylation sites is 1. The summed E-state index contributed by atoms with van der Waals surface area (Å²) in [4.78, 5) is 2.48. The first-order valence-corrected chi connectivity index (χ1v) is 21.8. The van der Waals surface area contributed by atoms with Crippen LogP contribution < -0.4 is 4.90 Å². The molecule has 1 aromatic heterocycles. The van der Waals surface area contributed by atoms with E-state index in [2.05, 4.69) is 243 Å². The third-order valence-corrected chi connectivity index (χ3v) is 13.2. The molecule has 0 spiro atoms. The van der Waals surface area contributed by atoms with Crippen LogP contribution in [0.4, 0.5) is 17.1 Å². The number of rotatable bonds is 7. The Morgan fingerprint density at radius 1 is 0.365 bits per heavy atom. The third kappa shape index (κ3) is 5.94. The van der Waals surface area contributed by atoms with E-state index >= 15 is 0 Å². The number of nitrogens with zero attached hydrogens (tertiary/aromatic N) is 1. The standard InChI is InChI=1S/C61H43NO/c1-61(2)53-31-14-12-28-49(53)51-39-45(38-50(60(51)61)42-23-10-5-11-24-42)62(54-32-15-13-27-46(54)40-19-6-3-7-20-40)55-33-18-34-57-59(55)52-37-44(35-36-56(52)63-57)48-30-17-26-43-25-16-29-47(58(43)48)41-21-8-4-9-22-41/h3-39H,1-2H3. The Morgan fingerprint density at radius 3 is 1.62 bits per heavy atom. The summed E-state index contributed by atoms with van der Waals surface area (Å²) in [5.41, 5.74) is 19.5. The van der Waals surface area contributed by atoms with Gasteiger partial charge in [-0.2, -0.15) is 0 Å². The second-order valence-electron chi connectivity index (χ2n) is 17.2. The summed E-state index contributed by atoms with van der Waals surface area (Å²) in [5, 5.41) is 4.60. The number of benzene rings is 10. The van der Waals surface area contributed by atoms with Crippen molar-refractivity contribution in [1.29, 1.82) is 0 Å². The van der Waals surface area contributed by atoms with Gasteiger partial charge in [-0.15, -0.1) is 0 Å². The van der Waals surface area contributed by atoms with Gasteiger partial charge in [-0.1, -0.05) is 196 Å². The van der Waals surface area contributed by atoms with Gasteiger partial charge in [-0.05, 0) is 114 Å². The highest BCUT2D eigenvalue weighted by atomic mass is 16.3. The van der Waals surface area contributed by atoms with Crippen molar-refractivity contribution in [2.45, 2.75) is 19.3 Å². The maximum absolute atomic E-state index is 6.82. The van der Waals surface area contributed by atoms with Crippen molar-refractivity contribution in [1.82, 2.24) is 0 Å². The molecule has 0 aliphatic heterocycles. The summed E-state index contributed by atoms with van der Waals surface area (Å²) in [5.74, 6) is 0. The van der Waals surface area contributed by atoms with Gasteiger partial charge in [0.1, 0.15) is 11.2 Å². The maximum atomic E-state index is 6.82. The zero-order valence-corrected chi connectivity index (χ0v) is 35.2. The minimum absolute atomic E-state index is 0.193. The van der Waals surface area contributed by atoms with E-state index in [4.69, 9.17) is 4.42 Å². The zero-order chi connectivity index (χ0) is 42.1.